The van der Waals surface area contributed by atoms with Crippen LogP contribution < -0.4 is 11.1 Å². The van der Waals surface area contributed by atoms with Crippen molar-refractivity contribution >= 4 is 5.91 Å². The van der Waals surface area contributed by atoms with Gasteiger partial charge in [0.25, 0.3) is 5.91 Å². The zero-order valence-electron chi connectivity index (χ0n) is 10.9. The van der Waals surface area contributed by atoms with E-state index in [9.17, 15) is 4.79 Å². The number of hydrogen-bond donors (Lipinski definition) is 2. The Bertz CT molecular complexity index is 373. The third-order valence-corrected chi connectivity index (χ3v) is 2.71. The van der Waals surface area contributed by atoms with Gasteiger partial charge in [0, 0.05) is 19.6 Å². The van der Waals surface area contributed by atoms with E-state index in [1.54, 1.807) is 11.7 Å². The number of aryl methyl sites for hydroxylation is 2. The molecule has 1 aromatic rings. The normalized spacial score (nSPS) is 12.5. The quantitative estimate of drug-likeness (QED) is 0.771. The highest BCUT2D eigenvalue weighted by molar-refractivity contribution is 5.92. The molecule has 0 aliphatic rings. The summed E-state index contributed by atoms with van der Waals surface area (Å²) in [5.41, 5.74) is 7.36. The molecule has 0 fully saturated rings. The van der Waals surface area contributed by atoms with Gasteiger partial charge in [0.2, 0.25) is 0 Å². The number of nitrogens with zero attached hydrogens (tertiary/aromatic N) is 2. The third kappa shape index (κ3) is 3.85. The second-order valence-corrected chi connectivity index (χ2v) is 4.26. The molecule has 1 unspecified atom stereocenters. The fraction of sp³-hybridized carbons (Fsp3) is 0.667. The lowest BCUT2D eigenvalue weighted by Crippen LogP contribution is -2.37. The van der Waals surface area contributed by atoms with E-state index in [0.29, 0.717) is 12.2 Å². The van der Waals surface area contributed by atoms with E-state index in [0.717, 1.165) is 25.0 Å². The molecular weight excluding hydrogens is 216 g/mol. The molecule has 1 amide bonds. The first-order valence-corrected chi connectivity index (χ1v) is 6.15. The van der Waals surface area contributed by atoms with Gasteiger partial charge in [0.05, 0.1) is 5.69 Å². The van der Waals surface area contributed by atoms with Crippen molar-refractivity contribution in [2.24, 2.45) is 12.8 Å². The molecule has 5 heteroatoms. The van der Waals surface area contributed by atoms with E-state index in [1.165, 1.54) is 0 Å². The standard InChI is InChI=1S/C12H22N4O/c1-4-6-9(13)8-14-12(17)11-7-10(5-2)15-16(11)3/h7,9H,4-6,8,13H2,1-3H3,(H,14,17). The summed E-state index contributed by atoms with van der Waals surface area (Å²) in [6, 6.07) is 1.85. The summed E-state index contributed by atoms with van der Waals surface area (Å²) in [5, 5.41) is 7.08. The number of carbonyl (C=O) groups excluding carboxylic acids is 1. The fourth-order valence-corrected chi connectivity index (χ4v) is 1.70. The zero-order chi connectivity index (χ0) is 12.8. The van der Waals surface area contributed by atoms with Crippen molar-refractivity contribution in [2.75, 3.05) is 6.54 Å². The van der Waals surface area contributed by atoms with Crippen LogP contribution in [0.15, 0.2) is 6.07 Å². The van der Waals surface area contributed by atoms with Gasteiger partial charge in [-0.1, -0.05) is 20.3 Å². The van der Waals surface area contributed by atoms with Crippen LogP contribution >= 0.6 is 0 Å². The number of nitrogens with two attached hydrogens (primary N) is 1. The smallest absolute Gasteiger partial charge is 0.269 e. The predicted octanol–water partition coefficient (Wildman–Crippen LogP) is 0.840. The lowest BCUT2D eigenvalue weighted by molar-refractivity contribution is 0.0941. The summed E-state index contributed by atoms with van der Waals surface area (Å²) >= 11 is 0. The van der Waals surface area contributed by atoms with Crippen molar-refractivity contribution < 1.29 is 4.79 Å². The maximum atomic E-state index is 11.9. The molecule has 0 spiro atoms. The Labute approximate surface area is 102 Å². The highest BCUT2D eigenvalue weighted by Gasteiger charge is 2.13. The lowest BCUT2D eigenvalue weighted by atomic mass is 10.2. The lowest BCUT2D eigenvalue weighted by Gasteiger charge is -2.11. The molecule has 1 atom stereocenters. The molecule has 0 aliphatic heterocycles. The van der Waals surface area contributed by atoms with E-state index < -0.39 is 0 Å². The third-order valence-electron chi connectivity index (χ3n) is 2.71. The van der Waals surface area contributed by atoms with Gasteiger partial charge < -0.3 is 11.1 Å². The van der Waals surface area contributed by atoms with Gasteiger partial charge in [0.15, 0.2) is 0 Å². The first kappa shape index (κ1) is 13.7. The minimum Gasteiger partial charge on any atom is -0.349 e. The molecule has 1 heterocycles. The van der Waals surface area contributed by atoms with Crippen molar-refractivity contribution in [1.82, 2.24) is 15.1 Å². The van der Waals surface area contributed by atoms with E-state index >= 15 is 0 Å². The molecule has 0 aromatic carbocycles. The number of aromatic nitrogens is 2. The zero-order valence-corrected chi connectivity index (χ0v) is 10.9. The van der Waals surface area contributed by atoms with Gasteiger partial charge in [-0.25, -0.2) is 0 Å². The number of rotatable bonds is 6. The van der Waals surface area contributed by atoms with Gasteiger partial charge in [-0.05, 0) is 18.9 Å². The predicted molar refractivity (Wildman–Crippen MR) is 67.8 cm³/mol. The highest BCUT2D eigenvalue weighted by Crippen LogP contribution is 2.03. The minimum atomic E-state index is -0.105. The van der Waals surface area contributed by atoms with Gasteiger partial charge in [0.1, 0.15) is 5.69 Å². The maximum absolute atomic E-state index is 11.9. The summed E-state index contributed by atoms with van der Waals surface area (Å²) in [4.78, 5) is 11.9. The van der Waals surface area contributed by atoms with Crippen molar-refractivity contribution in [2.45, 2.75) is 39.2 Å². The number of amides is 1. The maximum Gasteiger partial charge on any atom is 0.269 e. The van der Waals surface area contributed by atoms with Crippen LogP contribution in [0.2, 0.25) is 0 Å². The monoisotopic (exact) mass is 238 g/mol. The molecule has 0 bridgehead atoms. The Balaban J connectivity index is 2.54. The second-order valence-electron chi connectivity index (χ2n) is 4.26. The average Bonchev–Trinajstić information content (AvgIpc) is 2.68. The average molecular weight is 238 g/mol. The van der Waals surface area contributed by atoms with E-state index in [2.05, 4.69) is 17.3 Å². The molecular formula is C12H22N4O. The van der Waals surface area contributed by atoms with Crippen LogP contribution in [-0.4, -0.2) is 28.3 Å². The van der Waals surface area contributed by atoms with Crippen LogP contribution in [0.3, 0.4) is 0 Å². The highest BCUT2D eigenvalue weighted by atomic mass is 16.2. The molecule has 17 heavy (non-hydrogen) atoms. The van der Waals surface area contributed by atoms with E-state index in [4.69, 9.17) is 5.73 Å². The topological polar surface area (TPSA) is 72.9 Å². The molecule has 0 saturated heterocycles. The van der Waals surface area contributed by atoms with Crippen LogP contribution in [0, 0.1) is 0 Å². The van der Waals surface area contributed by atoms with E-state index in [1.807, 2.05) is 13.0 Å². The Morgan fingerprint density at radius 1 is 1.59 bits per heavy atom. The molecule has 0 saturated carbocycles. The van der Waals surface area contributed by atoms with Gasteiger partial charge >= 0.3 is 0 Å². The molecule has 0 aliphatic carbocycles. The summed E-state index contributed by atoms with van der Waals surface area (Å²) < 4.78 is 1.61. The van der Waals surface area contributed by atoms with Gasteiger partial charge in [-0.3, -0.25) is 9.48 Å². The van der Waals surface area contributed by atoms with Crippen LogP contribution in [0.25, 0.3) is 0 Å². The molecule has 3 N–H and O–H groups in total. The number of nitrogens with one attached hydrogen (secondary N) is 1. The summed E-state index contributed by atoms with van der Waals surface area (Å²) in [5.74, 6) is -0.105. The van der Waals surface area contributed by atoms with Crippen LogP contribution in [0.5, 0.6) is 0 Å². The SMILES string of the molecule is CCCC(N)CNC(=O)c1cc(CC)nn1C. The first-order chi connectivity index (χ1) is 8.08. The van der Waals surface area contributed by atoms with Crippen molar-refractivity contribution in [3.63, 3.8) is 0 Å². The van der Waals surface area contributed by atoms with Crippen LogP contribution in [0.4, 0.5) is 0 Å². The first-order valence-electron chi connectivity index (χ1n) is 6.15. The molecule has 0 radical (unpaired) electrons. The van der Waals surface area contributed by atoms with Crippen molar-refractivity contribution in [1.29, 1.82) is 0 Å². The molecule has 96 valence electrons. The Morgan fingerprint density at radius 3 is 2.82 bits per heavy atom. The van der Waals surface area contributed by atoms with Gasteiger partial charge in [-0.2, -0.15) is 5.10 Å². The number of carbonyl (C=O) groups is 1. The Hall–Kier alpha value is -1.36. The summed E-state index contributed by atoms with van der Waals surface area (Å²) in [6.45, 7) is 4.61. The fourth-order valence-electron chi connectivity index (χ4n) is 1.70. The van der Waals surface area contributed by atoms with Crippen LogP contribution in [0.1, 0.15) is 42.9 Å². The van der Waals surface area contributed by atoms with Crippen molar-refractivity contribution in [3.8, 4) is 0 Å². The van der Waals surface area contributed by atoms with Crippen molar-refractivity contribution in [3.05, 3.63) is 17.5 Å². The largest absolute Gasteiger partial charge is 0.349 e. The summed E-state index contributed by atoms with van der Waals surface area (Å²) in [7, 11) is 1.78. The Kier molecular flexibility index (Phi) is 5.15. The molecule has 1 rings (SSSR count). The number of hydrogen-bond acceptors (Lipinski definition) is 3. The van der Waals surface area contributed by atoms with Gasteiger partial charge in [-0.15, -0.1) is 0 Å². The molecule has 1 aromatic heterocycles. The van der Waals surface area contributed by atoms with E-state index in [-0.39, 0.29) is 11.9 Å². The Morgan fingerprint density at radius 2 is 2.29 bits per heavy atom. The minimum absolute atomic E-state index is 0.0304. The summed E-state index contributed by atoms with van der Waals surface area (Å²) in [6.07, 6.45) is 2.78. The van der Waals surface area contributed by atoms with Crippen LogP contribution in [-0.2, 0) is 13.5 Å². The molecule has 5 nitrogen and oxygen atoms in total. The second kappa shape index (κ2) is 6.39.